The molecule has 2 atom stereocenters. The highest BCUT2D eigenvalue weighted by Crippen LogP contribution is 2.43. The van der Waals surface area contributed by atoms with Crippen LogP contribution in [-0.2, 0) is 19.9 Å². The summed E-state index contributed by atoms with van der Waals surface area (Å²) in [7, 11) is 0. The Hall–Kier alpha value is -3.61. The van der Waals surface area contributed by atoms with Gasteiger partial charge < -0.3 is 15.7 Å². The molecule has 1 aliphatic rings. The van der Waals surface area contributed by atoms with E-state index in [1.807, 2.05) is 0 Å². The van der Waals surface area contributed by atoms with Crippen LogP contribution in [0.3, 0.4) is 0 Å². The van der Waals surface area contributed by atoms with Gasteiger partial charge in [0.05, 0.1) is 0 Å². The third-order valence-electron chi connectivity index (χ3n) is 5.36. The molecule has 1 aliphatic heterocycles. The Balaban J connectivity index is 2.56. The first-order valence-electron chi connectivity index (χ1n) is 9.89. The van der Waals surface area contributed by atoms with Crippen molar-refractivity contribution < 1.29 is 29.3 Å². The van der Waals surface area contributed by atoms with Crippen LogP contribution in [0.15, 0.2) is 30.3 Å². The Kier molecular flexibility index (Phi) is 7.46. The number of carboxylic acids is 1. The van der Waals surface area contributed by atoms with Gasteiger partial charge in [0.15, 0.2) is 0 Å². The van der Waals surface area contributed by atoms with E-state index in [1.165, 1.54) is 24.3 Å². The summed E-state index contributed by atoms with van der Waals surface area (Å²) in [5, 5.41) is 40.1. The number of carbonyl (C=O) groups is 3. The number of nitrogens with zero attached hydrogens (tertiary/aromatic N) is 2. The summed E-state index contributed by atoms with van der Waals surface area (Å²) in [6, 6.07) is 6.02. The smallest absolute Gasteiger partial charge is 0.480 e. The van der Waals surface area contributed by atoms with Gasteiger partial charge in [-0.25, -0.2) is 0 Å². The molecule has 0 saturated carbocycles. The molecule has 0 aromatic heterocycles. The highest BCUT2D eigenvalue weighted by molar-refractivity contribution is 5.94. The van der Waals surface area contributed by atoms with E-state index in [0.717, 1.165) is 0 Å². The minimum Gasteiger partial charge on any atom is -0.480 e. The average molecular weight is 451 g/mol. The molecular weight excluding hydrogens is 426 g/mol. The van der Waals surface area contributed by atoms with Crippen LogP contribution in [0.5, 0.6) is 0 Å². The van der Waals surface area contributed by atoms with Crippen LogP contribution in [0.1, 0.15) is 32.3 Å². The number of benzene rings is 1. The first kappa shape index (κ1) is 24.7. The standard InChI is InChI=1S/C19H25N5O8/c1-12(2)10-14(16(27)20-11-15(25)26)22-17(28)19(13-6-4-3-5-7-13)18(23(29)30,24(31)32)8-9-21-19/h3-7,12,14,21H,8-11H2,1-2H3,(H,20,27)(H,22,28)(H,25,26)/t14-,19+/m0/s1. The van der Waals surface area contributed by atoms with Gasteiger partial charge in [0.25, 0.3) is 11.4 Å². The zero-order chi connectivity index (χ0) is 24.1. The van der Waals surface area contributed by atoms with Crippen molar-refractivity contribution in [1.82, 2.24) is 16.0 Å². The molecule has 1 aromatic carbocycles. The van der Waals surface area contributed by atoms with E-state index in [-0.39, 0.29) is 24.4 Å². The van der Waals surface area contributed by atoms with Crippen molar-refractivity contribution in [2.45, 2.75) is 43.9 Å². The summed E-state index contributed by atoms with van der Waals surface area (Å²) in [6.45, 7) is 2.62. The number of nitrogens with one attached hydrogen (secondary N) is 3. The lowest BCUT2D eigenvalue weighted by molar-refractivity contribution is -0.803. The van der Waals surface area contributed by atoms with Crippen LogP contribution in [0.2, 0.25) is 0 Å². The van der Waals surface area contributed by atoms with Gasteiger partial charge in [-0.05, 0) is 17.9 Å². The molecule has 174 valence electrons. The lowest BCUT2D eigenvalue weighted by atomic mass is 9.78. The molecule has 1 saturated heterocycles. The lowest BCUT2D eigenvalue weighted by Crippen LogP contribution is -2.70. The SMILES string of the molecule is CC(C)C[C@H](NC(=O)[C@@]1(c2ccccc2)NCCC1([N+](=O)[O-])[N+](=O)[O-])C(=O)NCC(=O)O. The Bertz CT molecular complexity index is 892. The van der Waals surface area contributed by atoms with Gasteiger partial charge in [-0.15, -0.1) is 0 Å². The van der Waals surface area contributed by atoms with Crippen molar-refractivity contribution in [2.75, 3.05) is 13.1 Å². The molecule has 13 nitrogen and oxygen atoms in total. The van der Waals surface area contributed by atoms with Gasteiger partial charge in [-0.3, -0.25) is 39.9 Å². The minimum atomic E-state index is -2.92. The molecule has 0 bridgehead atoms. The third-order valence-corrected chi connectivity index (χ3v) is 5.36. The van der Waals surface area contributed by atoms with E-state index in [9.17, 15) is 34.6 Å². The minimum absolute atomic E-state index is 0.00218. The van der Waals surface area contributed by atoms with Crippen LogP contribution in [-0.4, -0.2) is 57.5 Å². The number of carbonyl (C=O) groups excluding carboxylic acids is 2. The second-order valence-corrected chi connectivity index (χ2v) is 7.89. The Morgan fingerprint density at radius 3 is 2.25 bits per heavy atom. The van der Waals surface area contributed by atoms with Crippen molar-refractivity contribution in [3.05, 3.63) is 56.1 Å². The van der Waals surface area contributed by atoms with Gasteiger partial charge in [0.1, 0.15) is 28.9 Å². The molecule has 32 heavy (non-hydrogen) atoms. The van der Waals surface area contributed by atoms with E-state index in [2.05, 4.69) is 16.0 Å². The maximum Gasteiger partial charge on any atom is 0.490 e. The molecule has 0 spiro atoms. The van der Waals surface area contributed by atoms with Crippen molar-refractivity contribution in [2.24, 2.45) is 5.92 Å². The van der Waals surface area contributed by atoms with E-state index in [4.69, 9.17) is 5.11 Å². The van der Waals surface area contributed by atoms with Crippen molar-refractivity contribution in [3.63, 3.8) is 0 Å². The summed E-state index contributed by atoms with van der Waals surface area (Å²) in [5.41, 5.74) is -5.32. The molecule has 13 heteroatoms. The zero-order valence-corrected chi connectivity index (χ0v) is 17.6. The van der Waals surface area contributed by atoms with Gasteiger partial charge in [0.2, 0.25) is 5.91 Å². The van der Waals surface area contributed by atoms with Crippen LogP contribution < -0.4 is 16.0 Å². The molecule has 0 aliphatic carbocycles. The van der Waals surface area contributed by atoms with Gasteiger partial charge >= 0.3 is 11.6 Å². The van der Waals surface area contributed by atoms with E-state index < -0.39 is 57.8 Å². The molecule has 2 amide bonds. The molecule has 2 rings (SSSR count). The second kappa shape index (κ2) is 9.68. The highest BCUT2D eigenvalue weighted by Gasteiger charge is 2.79. The largest absolute Gasteiger partial charge is 0.490 e. The number of carboxylic acid groups (broad SMARTS) is 1. The maximum absolute atomic E-state index is 13.5. The van der Waals surface area contributed by atoms with Crippen LogP contribution in [0.25, 0.3) is 0 Å². The second-order valence-electron chi connectivity index (χ2n) is 7.89. The number of amides is 2. The molecule has 0 radical (unpaired) electrons. The number of hydrogen-bond donors (Lipinski definition) is 4. The van der Waals surface area contributed by atoms with Crippen molar-refractivity contribution in [1.29, 1.82) is 0 Å². The van der Waals surface area contributed by atoms with Gasteiger partial charge in [-0.1, -0.05) is 44.2 Å². The van der Waals surface area contributed by atoms with Gasteiger partial charge in [-0.2, -0.15) is 0 Å². The van der Waals surface area contributed by atoms with Crippen LogP contribution in [0, 0.1) is 26.1 Å². The maximum atomic E-state index is 13.5. The fraction of sp³-hybridized carbons (Fsp3) is 0.526. The summed E-state index contributed by atoms with van der Waals surface area (Å²) in [6.07, 6.45) is -0.485. The number of rotatable bonds is 10. The topological polar surface area (TPSA) is 194 Å². The highest BCUT2D eigenvalue weighted by atomic mass is 16.7. The number of nitro groups is 2. The monoisotopic (exact) mass is 451 g/mol. The normalized spacial score (nSPS) is 20.3. The molecule has 0 unspecified atom stereocenters. The summed E-state index contributed by atoms with van der Waals surface area (Å²) in [4.78, 5) is 58.8. The zero-order valence-electron chi connectivity index (χ0n) is 17.6. The quantitative estimate of drug-likeness (QED) is 0.213. The fourth-order valence-corrected chi connectivity index (χ4v) is 3.95. The van der Waals surface area contributed by atoms with E-state index >= 15 is 0 Å². The molecule has 1 heterocycles. The fourth-order valence-electron chi connectivity index (χ4n) is 3.95. The summed E-state index contributed by atoms with van der Waals surface area (Å²) >= 11 is 0. The summed E-state index contributed by atoms with van der Waals surface area (Å²) < 4.78 is 0. The Morgan fingerprint density at radius 2 is 1.75 bits per heavy atom. The Labute approximate surface area is 182 Å². The molecule has 4 N–H and O–H groups in total. The van der Waals surface area contributed by atoms with Crippen LogP contribution >= 0.6 is 0 Å². The summed E-state index contributed by atoms with van der Waals surface area (Å²) in [5.74, 6) is -3.36. The number of hydrogen-bond acceptors (Lipinski definition) is 8. The third kappa shape index (κ3) is 4.37. The lowest BCUT2D eigenvalue weighted by Gasteiger charge is -2.33. The van der Waals surface area contributed by atoms with E-state index in [1.54, 1.807) is 19.9 Å². The number of aliphatic carboxylic acids is 1. The predicted molar refractivity (Wildman–Crippen MR) is 109 cm³/mol. The van der Waals surface area contributed by atoms with E-state index in [0.29, 0.717) is 0 Å². The van der Waals surface area contributed by atoms with Gasteiger partial charge in [0, 0.05) is 6.54 Å². The molecule has 1 aromatic rings. The van der Waals surface area contributed by atoms with Crippen molar-refractivity contribution >= 4 is 17.8 Å². The van der Waals surface area contributed by atoms with Crippen molar-refractivity contribution in [3.8, 4) is 0 Å². The average Bonchev–Trinajstić information content (AvgIpc) is 3.14. The first-order valence-corrected chi connectivity index (χ1v) is 9.89. The van der Waals surface area contributed by atoms with Crippen LogP contribution in [0.4, 0.5) is 0 Å². The predicted octanol–water partition coefficient (Wildman–Crippen LogP) is -0.143. The Morgan fingerprint density at radius 1 is 1.16 bits per heavy atom. The molecule has 1 fully saturated rings. The molecular formula is C19H25N5O8. The first-order chi connectivity index (χ1) is 15.0.